The summed E-state index contributed by atoms with van der Waals surface area (Å²) in [6.07, 6.45) is 5.94. The van der Waals surface area contributed by atoms with E-state index < -0.39 is 0 Å². The third-order valence-corrected chi connectivity index (χ3v) is 5.20. The second-order valence-electron chi connectivity index (χ2n) is 7.79. The highest BCUT2D eigenvalue weighted by atomic mass is 16.5. The first-order chi connectivity index (χ1) is 14.9. The number of ketones is 3. The molecule has 0 fully saturated rings. The second-order valence-corrected chi connectivity index (χ2v) is 7.79. The van der Waals surface area contributed by atoms with Gasteiger partial charge < -0.3 is 10.5 Å². The molecule has 0 saturated carbocycles. The van der Waals surface area contributed by atoms with Gasteiger partial charge in [-0.1, -0.05) is 50.1 Å². The minimum atomic E-state index is -0.353. The van der Waals surface area contributed by atoms with Crippen LogP contribution in [-0.2, 0) is 19.1 Å². The Labute approximate surface area is 185 Å². The van der Waals surface area contributed by atoms with Crippen LogP contribution in [0.5, 0.6) is 0 Å². The lowest BCUT2D eigenvalue weighted by atomic mass is 9.85. The molecule has 1 aromatic carbocycles. The van der Waals surface area contributed by atoms with Gasteiger partial charge in [0.15, 0.2) is 11.6 Å². The van der Waals surface area contributed by atoms with Gasteiger partial charge >= 0.3 is 0 Å². The third kappa shape index (κ3) is 6.78. The molecule has 1 aliphatic carbocycles. The number of benzene rings is 1. The maximum atomic E-state index is 13.2. The zero-order valence-electron chi connectivity index (χ0n) is 18.8. The van der Waals surface area contributed by atoms with Crippen LogP contribution in [-0.4, -0.2) is 24.0 Å². The molecule has 1 aromatic rings. The van der Waals surface area contributed by atoms with Crippen molar-refractivity contribution >= 4 is 23.1 Å². The average Bonchev–Trinajstić information content (AvgIpc) is 2.74. The van der Waals surface area contributed by atoms with E-state index >= 15 is 0 Å². The number of hydrogen-bond acceptors (Lipinski definition) is 5. The molecule has 0 atom stereocenters. The number of nitrogens with two attached hydrogens (primary N) is 1. The number of unbranched alkanes of at least 4 members (excludes halogenated alkanes) is 2. The molecular formula is C26H33NO4. The second kappa shape index (κ2) is 12.0. The lowest BCUT2D eigenvalue weighted by molar-refractivity contribution is -0.123. The van der Waals surface area contributed by atoms with E-state index in [9.17, 15) is 14.4 Å². The van der Waals surface area contributed by atoms with Crippen molar-refractivity contribution in [3.8, 4) is 0 Å². The summed E-state index contributed by atoms with van der Waals surface area (Å²) >= 11 is 0. The van der Waals surface area contributed by atoms with E-state index in [-0.39, 0.29) is 29.3 Å². The van der Waals surface area contributed by atoms with Crippen LogP contribution in [0.15, 0.2) is 58.8 Å². The zero-order chi connectivity index (χ0) is 22.8. The molecule has 0 unspecified atom stereocenters. The average molecular weight is 424 g/mol. The van der Waals surface area contributed by atoms with Crippen molar-refractivity contribution in [3.63, 3.8) is 0 Å². The molecule has 0 aromatic heterocycles. The zero-order valence-corrected chi connectivity index (χ0v) is 18.8. The Balaban J connectivity index is 2.60. The Bertz CT molecular complexity index is 907. The number of hydrogen-bond donors (Lipinski definition) is 1. The topological polar surface area (TPSA) is 86.5 Å². The number of allylic oxidation sites excluding steroid dienone is 5. The van der Waals surface area contributed by atoms with E-state index in [1.165, 1.54) is 6.92 Å². The van der Waals surface area contributed by atoms with Crippen LogP contribution in [0.3, 0.4) is 0 Å². The van der Waals surface area contributed by atoms with Gasteiger partial charge in [-0.05, 0) is 44.8 Å². The predicted molar refractivity (Wildman–Crippen MR) is 123 cm³/mol. The van der Waals surface area contributed by atoms with Crippen LogP contribution < -0.4 is 5.73 Å². The summed E-state index contributed by atoms with van der Waals surface area (Å²) in [4.78, 5) is 37.7. The van der Waals surface area contributed by atoms with Crippen molar-refractivity contribution in [2.75, 3.05) is 6.61 Å². The summed E-state index contributed by atoms with van der Waals surface area (Å²) in [5.74, 6) is -0.104. The van der Waals surface area contributed by atoms with Gasteiger partial charge in [-0.25, -0.2) is 0 Å². The van der Waals surface area contributed by atoms with E-state index in [0.717, 1.165) is 24.8 Å². The van der Waals surface area contributed by atoms with E-state index in [2.05, 4.69) is 6.92 Å². The highest BCUT2D eigenvalue weighted by molar-refractivity contribution is 6.14. The van der Waals surface area contributed by atoms with E-state index in [0.29, 0.717) is 48.5 Å². The number of rotatable bonds is 12. The van der Waals surface area contributed by atoms with Crippen LogP contribution in [0.25, 0.3) is 5.76 Å². The largest absolute Gasteiger partial charge is 0.492 e. The Morgan fingerprint density at radius 3 is 2.35 bits per heavy atom. The fourth-order valence-electron chi connectivity index (χ4n) is 3.64. The van der Waals surface area contributed by atoms with Crippen molar-refractivity contribution in [3.05, 3.63) is 64.4 Å². The van der Waals surface area contributed by atoms with Crippen molar-refractivity contribution in [1.29, 1.82) is 0 Å². The highest BCUT2D eigenvalue weighted by Gasteiger charge is 2.27. The molecule has 0 bridgehead atoms. The molecule has 2 N–H and O–H groups in total. The maximum absolute atomic E-state index is 13.2. The minimum Gasteiger partial charge on any atom is -0.492 e. The van der Waals surface area contributed by atoms with Crippen LogP contribution in [0.2, 0.25) is 0 Å². The van der Waals surface area contributed by atoms with Crippen molar-refractivity contribution in [2.24, 2.45) is 5.73 Å². The minimum absolute atomic E-state index is 0.0921. The van der Waals surface area contributed by atoms with Crippen LogP contribution in [0.4, 0.5) is 0 Å². The molecule has 1 aliphatic rings. The first-order valence-corrected chi connectivity index (χ1v) is 11.1. The number of carbonyl (C=O) groups excluding carboxylic acids is 3. The molecule has 166 valence electrons. The summed E-state index contributed by atoms with van der Waals surface area (Å²) in [6.45, 7) is 5.67. The van der Waals surface area contributed by atoms with Gasteiger partial charge in [0.1, 0.15) is 11.5 Å². The number of carbonyl (C=O) groups is 3. The summed E-state index contributed by atoms with van der Waals surface area (Å²) in [6, 6.07) is 9.31. The lowest BCUT2D eigenvalue weighted by Gasteiger charge is -2.22. The van der Waals surface area contributed by atoms with Crippen molar-refractivity contribution in [2.45, 2.75) is 65.7 Å². The van der Waals surface area contributed by atoms with E-state index in [1.807, 2.05) is 37.3 Å². The van der Waals surface area contributed by atoms with Gasteiger partial charge in [0.25, 0.3) is 0 Å². The van der Waals surface area contributed by atoms with Gasteiger partial charge in [-0.15, -0.1) is 0 Å². The van der Waals surface area contributed by atoms with Gasteiger partial charge in [0, 0.05) is 23.3 Å². The Morgan fingerprint density at radius 2 is 1.74 bits per heavy atom. The SMILES string of the molecule is CCCCCC(=O)C1=CC(/C(C(=O)CC(C)=O)=C(/OCC)c2ccccc2)=C(N)CC1. The molecule has 5 heteroatoms. The molecule has 2 rings (SSSR count). The first kappa shape index (κ1) is 24.3. The first-order valence-electron chi connectivity index (χ1n) is 11.1. The van der Waals surface area contributed by atoms with Gasteiger partial charge in [-0.3, -0.25) is 14.4 Å². The van der Waals surface area contributed by atoms with Gasteiger partial charge in [0.05, 0.1) is 18.6 Å². The molecule has 0 spiro atoms. The fraction of sp³-hybridized carbons (Fsp3) is 0.423. The number of ether oxygens (including phenoxy) is 1. The highest BCUT2D eigenvalue weighted by Crippen LogP contribution is 2.34. The summed E-state index contributed by atoms with van der Waals surface area (Å²) in [5.41, 5.74) is 9.06. The van der Waals surface area contributed by atoms with Gasteiger partial charge in [-0.2, -0.15) is 0 Å². The number of Topliss-reactive ketones (excluding diaryl/α,β-unsaturated/α-hetero) is 3. The summed E-state index contributed by atoms with van der Waals surface area (Å²) < 4.78 is 5.91. The van der Waals surface area contributed by atoms with E-state index in [4.69, 9.17) is 10.5 Å². The molecule has 0 amide bonds. The predicted octanol–water partition coefficient (Wildman–Crippen LogP) is 5.06. The Kier molecular flexibility index (Phi) is 9.44. The molecule has 0 saturated heterocycles. The molecular weight excluding hydrogens is 390 g/mol. The quantitative estimate of drug-likeness (QED) is 0.220. The van der Waals surface area contributed by atoms with Crippen LogP contribution >= 0.6 is 0 Å². The molecule has 0 radical (unpaired) electrons. The lowest BCUT2D eigenvalue weighted by Crippen LogP contribution is -2.19. The van der Waals surface area contributed by atoms with E-state index in [1.54, 1.807) is 6.08 Å². The maximum Gasteiger partial charge on any atom is 0.174 e. The summed E-state index contributed by atoms with van der Waals surface area (Å²) in [7, 11) is 0. The molecule has 31 heavy (non-hydrogen) atoms. The van der Waals surface area contributed by atoms with Crippen LogP contribution in [0, 0.1) is 0 Å². The third-order valence-electron chi connectivity index (χ3n) is 5.20. The van der Waals surface area contributed by atoms with Crippen molar-refractivity contribution < 1.29 is 19.1 Å². The Morgan fingerprint density at radius 1 is 1.03 bits per heavy atom. The fourth-order valence-corrected chi connectivity index (χ4v) is 3.64. The monoisotopic (exact) mass is 423 g/mol. The Hall–Kier alpha value is -2.95. The molecule has 0 heterocycles. The standard InChI is InChI=1S/C26H33NO4/c1-4-6-8-13-23(29)20-14-15-22(27)21(17-20)25(24(30)16-18(3)28)26(31-5-2)19-11-9-7-10-12-19/h7,9-12,17H,4-6,8,13-16,27H2,1-3H3/b26-25-. The smallest absolute Gasteiger partial charge is 0.174 e. The van der Waals surface area contributed by atoms with Crippen LogP contribution in [0.1, 0.15) is 71.3 Å². The molecule has 0 aliphatic heterocycles. The normalized spacial score (nSPS) is 14.6. The summed E-state index contributed by atoms with van der Waals surface area (Å²) in [5, 5.41) is 0. The van der Waals surface area contributed by atoms with Crippen molar-refractivity contribution in [1.82, 2.24) is 0 Å². The molecule has 5 nitrogen and oxygen atoms in total. The van der Waals surface area contributed by atoms with Gasteiger partial charge in [0.2, 0.25) is 0 Å².